The Morgan fingerprint density at radius 2 is 1.90 bits per heavy atom. The van der Waals surface area contributed by atoms with E-state index < -0.39 is 0 Å². The summed E-state index contributed by atoms with van der Waals surface area (Å²) in [6.45, 7) is 14.8. The summed E-state index contributed by atoms with van der Waals surface area (Å²) in [4.78, 5) is 12.3. The third kappa shape index (κ3) is 2.80. The number of hydrogen-bond acceptors (Lipinski definition) is 3. The first-order valence-electron chi connectivity index (χ1n) is 12.2. The normalized spacial score (nSPS) is 48.4. The highest BCUT2D eigenvalue weighted by Gasteiger charge is 2.62. The van der Waals surface area contributed by atoms with Crippen LogP contribution in [0.25, 0.3) is 0 Å². The van der Waals surface area contributed by atoms with Crippen LogP contribution in [0.5, 0.6) is 0 Å². The Kier molecular flexibility index (Phi) is 4.95. The Morgan fingerprint density at radius 3 is 2.63 bits per heavy atom. The molecule has 1 aliphatic heterocycles. The number of ether oxygens (including phenoxy) is 2. The molecule has 0 N–H and O–H groups in total. The molecule has 0 aromatic heterocycles. The van der Waals surface area contributed by atoms with E-state index in [1.807, 2.05) is 12.2 Å². The monoisotopic (exact) mass is 410 g/mol. The van der Waals surface area contributed by atoms with Gasteiger partial charge in [0.1, 0.15) is 0 Å². The fourth-order valence-electron chi connectivity index (χ4n) is 8.05. The zero-order valence-electron chi connectivity index (χ0n) is 19.2. The van der Waals surface area contributed by atoms with Crippen LogP contribution in [0.2, 0.25) is 0 Å². The van der Waals surface area contributed by atoms with Gasteiger partial charge in [0.05, 0.1) is 6.10 Å². The van der Waals surface area contributed by atoms with Crippen molar-refractivity contribution in [2.75, 3.05) is 6.61 Å². The van der Waals surface area contributed by atoms with Gasteiger partial charge in [-0.05, 0) is 104 Å². The highest BCUT2D eigenvalue weighted by molar-refractivity contribution is 6.02. The maximum Gasteiger partial charge on any atom is 0.178 e. The van der Waals surface area contributed by atoms with E-state index in [1.54, 1.807) is 0 Å². The van der Waals surface area contributed by atoms with Crippen LogP contribution in [0.3, 0.4) is 0 Å². The number of carbonyl (C=O) groups is 1. The van der Waals surface area contributed by atoms with Gasteiger partial charge in [-0.3, -0.25) is 4.79 Å². The van der Waals surface area contributed by atoms with Crippen molar-refractivity contribution in [1.82, 2.24) is 0 Å². The van der Waals surface area contributed by atoms with Gasteiger partial charge in [0.25, 0.3) is 0 Å². The summed E-state index contributed by atoms with van der Waals surface area (Å²) in [6.07, 6.45) is 12.3. The lowest BCUT2D eigenvalue weighted by Crippen LogP contribution is -2.55. The molecule has 30 heavy (non-hydrogen) atoms. The third-order valence-corrected chi connectivity index (χ3v) is 9.94. The average Bonchev–Trinajstić information content (AvgIpc) is 3.05. The summed E-state index contributed by atoms with van der Waals surface area (Å²) < 4.78 is 12.6. The molecule has 1 heterocycles. The Bertz CT molecular complexity index is 816. The lowest BCUT2D eigenvalue weighted by atomic mass is 9.44. The topological polar surface area (TPSA) is 35.5 Å². The summed E-state index contributed by atoms with van der Waals surface area (Å²) in [7, 11) is 0. The first-order chi connectivity index (χ1) is 14.3. The lowest BCUT2D eigenvalue weighted by Gasteiger charge is -2.60. The summed E-state index contributed by atoms with van der Waals surface area (Å²) in [5.74, 6) is 2.39. The largest absolute Gasteiger partial charge is 0.353 e. The van der Waals surface area contributed by atoms with Gasteiger partial charge in [0.2, 0.25) is 0 Å². The van der Waals surface area contributed by atoms with E-state index in [9.17, 15) is 4.79 Å². The molecule has 8 atom stereocenters. The Labute approximate surface area is 182 Å². The van der Waals surface area contributed by atoms with Gasteiger partial charge in [0, 0.05) is 12.0 Å². The molecular weight excluding hydrogens is 372 g/mol. The summed E-state index contributed by atoms with van der Waals surface area (Å²) in [5.41, 5.74) is 3.82. The maximum atomic E-state index is 12.3. The van der Waals surface area contributed by atoms with Crippen LogP contribution in [0.4, 0.5) is 0 Å². The van der Waals surface area contributed by atoms with Gasteiger partial charge in [0.15, 0.2) is 12.1 Å². The molecule has 4 fully saturated rings. The van der Waals surface area contributed by atoms with Crippen molar-refractivity contribution in [3.05, 3.63) is 35.5 Å². The van der Waals surface area contributed by atoms with Crippen molar-refractivity contribution in [3.63, 3.8) is 0 Å². The molecular formula is C27H38O3. The highest BCUT2D eigenvalue weighted by Crippen LogP contribution is 2.68. The molecule has 0 aromatic rings. The van der Waals surface area contributed by atoms with Crippen LogP contribution in [0, 0.1) is 34.5 Å². The second-order valence-corrected chi connectivity index (χ2v) is 11.1. The fourth-order valence-corrected chi connectivity index (χ4v) is 8.05. The molecule has 1 saturated heterocycles. The molecule has 0 spiro atoms. The van der Waals surface area contributed by atoms with Crippen LogP contribution in [0.15, 0.2) is 35.5 Å². The third-order valence-electron chi connectivity index (χ3n) is 9.94. The molecule has 0 radical (unpaired) electrons. The van der Waals surface area contributed by atoms with E-state index in [-0.39, 0.29) is 22.9 Å². The molecule has 3 heteroatoms. The van der Waals surface area contributed by atoms with Crippen molar-refractivity contribution in [1.29, 1.82) is 0 Å². The van der Waals surface area contributed by atoms with Crippen molar-refractivity contribution in [3.8, 4) is 0 Å². The Balaban J connectivity index is 1.46. The second kappa shape index (κ2) is 7.17. The van der Waals surface area contributed by atoms with Crippen LogP contribution >= 0.6 is 0 Å². The summed E-state index contributed by atoms with van der Waals surface area (Å²) in [5, 5.41) is 0. The number of hydrogen-bond donors (Lipinski definition) is 0. The van der Waals surface area contributed by atoms with E-state index in [4.69, 9.17) is 9.47 Å². The van der Waals surface area contributed by atoms with Crippen molar-refractivity contribution in [2.45, 2.75) is 85.0 Å². The molecule has 3 saturated carbocycles. The molecule has 5 aliphatic rings. The molecule has 5 rings (SSSR count). The van der Waals surface area contributed by atoms with E-state index in [2.05, 4.69) is 34.3 Å². The average molecular weight is 411 g/mol. The zero-order valence-corrected chi connectivity index (χ0v) is 19.2. The van der Waals surface area contributed by atoms with Gasteiger partial charge < -0.3 is 9.47 Å². The van der Waals surface area contributed by atoms with E-state index in [0.717, 1.165) is 25.9 Å². The summed E-state index contributed by atoms with van der Waals surface area (Å²) in [6, 6.07) is 0. The van der Waals surface area contributed by atoms with Crippen molar-refractivity contribution in [2.24, 2.45) is 34.5 Å². The second-order valence-electron chi connectivity index (χ2n) is 11.1. The predicted molar refractivity (Wildman–Crippen MR) is 119 cm³/mol. The van der Waals surface area contributed by atoms with Crippen molar-refractivity contribution < 1.29 is 14.3 Å². The minimum atomic E-state index is -0.0467. The maximum absolute atomic E-state index is 12.3. The van der Waals surface area contributed by atoms with Crippen LogP contribution in [-0.4, -0.2) is 24.8 Å². The van der Waals surface area contributed by atoms with Gasteiger partial charge in [-0.25, -0.2) is 0 Å². The minimum absolute atomic E-state index is 0.00242. The molecule has 0 bridgehead atoms. The number of allylic oxidation sites excluding steroid dienone is 5. The van der Waals surface area contributed by atoms with Gasteiger partial charge in [-0.2, -0.15) is 0 Å². The predicted octanol–water partition coefficient (Wildman–Crippen LogP) is 6.01. The molecule has 4 aliphatic carbocycles. The van der Waals surface area contributed by atoms with Gasteiger partial charge >= 0.3 is 0 Å². The molecule has 2 unspecified atom stereocenters. The SMILES string of the molecule is C=C1C2=CC(=O)C=C(C)[C@]2(C)[C@H]2CC[C@]3(C)[C@@H](OC4CCCCO4)CC[C@H]3[C@@H]2C1C. The van der Waals surface area contributed by atoms with Gasteiger partial charge in [-0.1, -0.05) is 32.9 Å². The molecule has 164 valence electrons. The van der Waals surface area contributed by atoms with Crippen LogP contribution < -0.4 is 0 Å². The molecule has 0 amide bonds. The number of ketones is 1. The van der Waals surface area contributed by atoms with Crippen molar-refractivity contribution >= 4 is 5.78 Å². The highest BCUT2D eigenvalue weighted by atomic mass is 16.7. The Morgan fingerprint density at radius 1 is 1.10 bits per heavy atom. The van der Waals surface area contributed by atoms with Crippen LogP contribution in [-0.2, 0) is 14.3 Å². The molecule has 0 aromatic carbocycles. The lowest BCUT2D eigenvalue weighted by molar-refractivity contribution is -0.216. The smallest absolute Gasteiger partial charge is 0.178 e. The van der Waals surface area contributed by atoms with E-state index in [0.29, 0.717) is 29.8 Å². The first-order valence-corrected chi connectivity index (χ1v) is 12.2. The first kappa shape index (κ1) is 20.7. The minimum Gasteiger partial charge on any atom is -0.353 e. The summed E-state index contributed by atoms with van der Waals surface area (Å²) >= 11 is 0. The fraction of sp³-hybridized carbons (Fsp3) is 0.741. The number of rotatable bonds is 2. The van der Waals surface area contributed by atoms with Crippen LogP contribution in [0.1, 0.15) is 72.6 Å². The number of fused-ring (bicyclic) bond motifs is 5. The van der Waals surface area contributed by atoms with E-state index >= 15 is 0 Å². The van der Waals surface area contributed by atoms with E-state index in [1.165, 1.54) is 42.4 Å². The Hall–Kier alpha value is -1.19. The number of carbonyl (C=O) groups excluding carboxylic acids is 1. The standard InChI is InChI=1S/C27H38O3/c1-16-14-19(28)15-22-17(2)18(3)25-20-9-10-23(30-24-8-6-7-13-29-24)26(20,4)12-11-21(25)27(16,22)5/h14-15,18,20-21,23-25H,2,6-13H2,1,3-5H3/t18?,20-,21-,23-,24?,25-,26-,27+/m0/s1. The quantitative estimate of drug-likeness (QED) is 0.559. The van der Waals surface area contributed by atoms with Gasteiger partial charge in [-0.15, -0.1) is 0 Å². The molecule has 3 nitrogen and oxygen atoms in total. The zero-order chi connectivity index (χ0) is 21.3.